The first kappa shape index (κ1) is 16.9. The second-order valence-corrected chi connectivity index (χ2v) is 6.07. The summed E-state index contributed by atoms with van der Waals surface area (Å²) in [6.07, 6.45) is 6.44. The van der Waals surface area contributed by atoms with Gasteiger partial charge in [-0.2, -0.15) is 0 Å². The van der Waals surface area contributed by atoms with Gasteiger partial charge in [-0.25, -0.2) is 0 Å². The largest absolute Gasteiger partial charge is 0.381 e. The van der Waals surface area contributed by atoms with Crippen molar-refractivity contribution in [2.24, 2.45) is 5.41 Å². The van der Waals surface area contributed by atoms with Gasteiger partial charge >= 0.3 is 0 Å². The Labute approximate surface area is 120 Å². The quantitative estimate of drug-likeness (QED) is 0.625. The van der Waals surface area contributed by atoms with E-state index in [0.29, 0.717) is 5.41 Å². The number of nitrogens with one attached hydrogen (secondary N) is 1. The van der Waals surface area contributed by atoms with Gasteiger partial charge in [0.25, 0.3) is 0 Å². The monoisotopic (exact) mass is 270 g/mol. The van der Waals surface area contributed by atoms with Gasteiger partial charge in [0, 0.05) is 25.1 Å². The Morgan fingerprint density at radius 2 is 1.79 bits per heavy atom. The van der Waals surface area contributed by atoms with Gasteiger partial charge in [0.2, 0.25) is 0 Å². The van der Waals surface area contributed by atoms with Crippen LogP contribution in [0.5, 0.6) is 0 Å². The number of ether oxygens (including phenoxy) is 1. The van der Waals surface area contributed by atoms with E-state index in [-0.39, 0.29) is 0 Å². The lowest BCUT2D eigenvalue weighted by molar-refractivity contribution is 0.107. The normalized spacial score (nSPS) is 23.4. The fourth-order valence-corrected chi connectivity index (χ4v) is 2.87. The Morgan fingerprint density at radius 3 is 2.26 bits per heavy atom. The minimum Gasteiger partial charge on any atom is -0.381 e. The van der Waals surface area contributed by atoms with Gasteiger partial charge in [0.05, 0.1) is 6.61 Å². The van der Waals surface area contributed by atoms with Crippen LogP contribution >= 0.6 is 0 Å². The third-order valence-electron chi connectivity index (χ3n) is 4.15. The topological polar surface area (TPSA) is 24.5 Å². The first-order valence-corrected chi connectivity index (χ1v) is 8.27. The first-order chi connectivity index (χ1) is 9.26. The molecule has 1 fully saturated rings. The van der Waals surface area contributed by atoms with Crippen LogP contribution in [0.4, 0.5) is 0 Å². The molecule has 114 valence electrons. The van der Waals surface area contributed by atoms with Crippen LogP contribution in [0.3, 0.4) is 0 Å². The van der Waals surface area contributed by atoms with Crippen molar-refractivity contribution in [2.75, 3.05) is 45.9 Å². The Hall–Kier alpha value is -0.120. The highest BCUT2D eigenvalue weighted by Gasteiger charge is 2.35. The Bertz CT molecular complexity index is 207. The van der Waals surface area contributed by atoms with Crippen molar-refractivity contribution in [3.63, 3.8) is 0 Å². The summed E-state index contributed by atoms with van der Waals surface area (Å²) in [5.74, 6) is 0. The SMILES string of the molecule is CCCCN(CCCC)CC1(CNCC)CCOC1. The molecule has 0 aromatic carbocycles. The first-order valence-electron chi connectivity index (χ1n) is 8.27. The van der Waals surface area contributed by atoms with Gasteiger partial charge in [-0.1, -0.05) is 33.6 Å². The molecule has 1 unspecified atom stereocenters. The van der Waals surface area contributed by atoms with Crippen molar-refractivity contribution in [2.45, 2.75) is 52.9 Å². The summed E-state index contributed by atoms with van der Waals surface area (Å²) in [5, 5.41) is 3.54. The van der Waals surface area contributed by atoms with Crippen LogP contribution in [0, 0.1) is 5.41 Å². The molecule has 0 aromatic heterocycles. The van der Waals surface area contributed by atoms with Crippen molar-refractivity contribution in [3.05, 3.63) is 0 Å². The predicted molar refractivity (Wildman–Crippen MR) is 82.7 cm³/mol. The zero-order valence-corrected chi connectivity index (χ0v) is 13.3. The molecule has 0 radical (unpaired) electrons. The van der Waals surface area contributed by atoms with Gasteiger partial charge in [-0.05, 0) is 38.9 Å². The van der Waals surface area contributed by atoms with E-state index in [1.165, 1.54) is 51.7 Å². The average molecular weight is 270 g/mol. The lowest BCUT2D eigenvalue weighted by Gasteiger charge is -2.34. The second kappa shape index (κ2) is 9.73. The van der Waals surface area contributed by atoms with Gasteiger partial charge in [0.1, 0.15) is 0 Å². The number of hydrogen-bond acceptors (Lipinski definition) is 3. The molecule has 0 saturated carbocycles. The van der Waals surface area contributed by atoms with Crippen molar-refractivity contribution in [3.8, 4) is 0 Å². The smallest absolute Gasteiger partial charge is 0.0547 e. The molecule has 1 aliphatic heterocycles. The van der Waals surface area contributed by atoms with E-state index in [1.54, 1.807) is 0 Å². The number of rotatable bonds is 11. The zero-order valence-electron chi connectivity index (χ0n) is 13.3. The predicted octanol–water partition coefficient (Wildman–Crippen LogP) is 2.90. The Kier molecular flexibility index (Phi) is 8.67. The van der Waals surface area contributed by atoms with Gasteiger partial charge < -0.3 is 15.0 Å². The maximum atomic E-state index is 5.70. The molecule has 3 heteroatoms. The van der Waals surface area contributed by atoms with Gasteiger partial charge in [-0.3, -0.25) is 0 Å². The summed E-state index contributed by atoms with van der Waals surface area (Å²) in [7, 11) is 0. The Morgan fingerprint density at radius 1 is 1.11 bits per heavy atom. The van der Waals surface area contributed by atoms with Crippen LogP contribution in [-0.2, 0) is 4.74 Å². The minimum atomic E-state index is 0.359. The molecule has 0 bridgehead atoms. The summed E-state index contributed by atoms with van der Waals surface area (Å²) in [6, 6.07) is 0. The molecule has 3 nitrogen and oxygen atoms in total. The summed E-state index contributed by atoms with van der Waals surface area (Å²) in [5.41, 5.74) is 0.359. The van der Waals surface area contributed by atoms with E-state index in [1.807, 2.05) is 0 Å². The molecular formula is C16H34N2O. The summed E-state index contributed by atoms with van der Waals surface area (Å²) >= 11 is 0. The highest BCUT2D eigenvalue weighted by molar-refractivity contribution is 4.88. The number of nitrogens with zero attached hydrogens (tertiary/aromatic N) is 1. The summed E-state index contributed by atoms with van der Waals surface area (Å²) < 4.78 is 5.70. The van der Waals surface area contributed by atoms with Crippen molar-refractivity contribution in [1.29, 1.82) is 0 Å². The Balaban J connectivity index is 2.50. The van der Waals surface area contributed by atoms with E-state index in [0.717, 1.165) is 26.3 Å². The molecule has 0 aromatic rings. The minimum absolute atomic E-state index is 0.359. The van der Waals surface area contributed by atoms with E-state index < -0.39 is 0 Å². The van der Waals surface area contributed by atoms with Crippen LogP contribution in [0.25, 0.3) is 0 Å². The maximum Gasteiger partial charge on any atom is 0.0547 e. The number of hydrogen-bond donors (Lipinski definition) is 1. The summed E-state index contributed by atoms with van der Waals surface area (Å²) in [6.45, 7) is 14.5. The van der Waals surface area contributed by atoms with Crippen LogP contribution in [0.2, 0.25) is 0 Å². The lowest BCUT2D eigenvalue weighted by atomic mass is 9.86. The molecule has 1 N–H and O–H groups in total. The van der Waals surface area contributed by atoms with Crippen molar-refractivity contribution < 1.29 is 4.74 Å². The fourth-order valence-electron chi connectivity index (χ4n) is 2.87. The fraction of sp³-hybridized carbons (Fsp3) is 1.00. The van der Waals surface area contributed by atoms with Crippen LogP contribution in [0.15, 0.2) is 0 Å². The van der Waals surface area contributed by atoms with E-state index >= 15 is 0 Å². The van der Waals surface area contributed by atoms with Crippen LogP contribution in [-0.4, -0.2) is 50.8 Å². The molecule has 1 atom stereocenters. The maximum absolute atomic E-state index is 5.70. The zero-order chi connectivity index (χ0) is 14.0. The van der Waals surface area contributed by atoms with Crippen LogP contribution in [0.1, 0.15) is 52.9 Å². The molecule has 0 aliphatic carbocycles. The molecule has 1 aliphatic rings. The highest BCUT2D eigenvalue weighted by atomic mass is 16.5. The van der Waals surface area contributed by atoms with E-state index in [9.17, 15) is 0 Å². The second-order valence-electron chi connectivity index (χ2n) is 6.07. The highest BCUT2D eigenvalue weighted by Crippen LogP contribution is 2.29. The molecule has 19 heavy (non-hydrogen) atoms. The third-order valence-corrected chi connectivity index (χ3v) is 4.15. The van der Waals surface area contributed by atoms with Crippen molar-refractivity contribution >= 4 is 0 Å². The van der Waals surface area contributed by atoms with Crippen LogP contribution < -0.4 is 5.32 Å². The molecular weight excluding hydrogens is 236 g/mol. The molecule has 1 saturated heterocycles. The lowest BCUT2D eigenvalue weighted by Crippen LogP contribution is -2.45. The van der Waals surface area contributed by atoms with Gasteiger partial charge in [-0.15, -0.1) is 0 Å². The molecule has 1 heterocycles. The standard InChI is InChI=1S/C16H34N2O/c1-4-7-10-18(11-8-5-2)14-16(13-17-6-3)9-12-19-15-16/h17H,4-15H2,1-3H3. The number of unbranched alkanes of at least 4 members (excludes halogenated alkanes) is 2. The van der Waals surface area contributed by atoms with E-state index in [4.69, 9.17) is 4.74 Å². The van der Waals surface area contributed by atoms with E-state index in [2.05, 4.69) is 31.0 Å². The third kappa shape index (κ3) is 6.24. The molecule has 0 spiro atoms. The molecule has 0 amide bonds. The molecule has 1 rings (SSSR count). The van der Waals surface area contributed by atoms with Gasteiger partial charge in [0.15, 0.2) is 0 Å². The van der Waals surface area contributed by atoms with Crippen molar-refractivity contribution in [1.82, 2.24) is 10.2 Å². The summed E-state index contributed by atoms with van der Waals surface area (Å²) in [4.78, 5) is 2.68. The average Bonchev–Trinajstić information content (AvgIpc) is 2.88.